The molecular formula is C12H25N3O2. The number of nitrogens with one attached hydrogen (secondary N) is 2. The summed E-state index contributed by atoms with van der Waals surface area (Å²) < 4.78 is 5.28. The average molecular weight is 243 g/mol. The molecule has 5 nitrogen and oxygen atoms in total. The Balaban J connectivity index is 1.88. The lowest BCUT2D eigenvalue weighted by atomic mass is 10.3. The van der Waals surface area contributed by atoms with E-state index in [2.05, 4.69) is 22.5 Å². The van der Waals surface area contributed by atoms with Gasteiger partial charge >= 0.3 is 0 Å². The van der Waals surface area contributed by atoms with Gasteiger partial charge in [0.2, 0.25) is 5.91 Å². The van der Waals surface area contributed by atoms with Gasteiger partial charge in [-0.2, -0.15) is 0 Å². The highest BCUT2D eigenvalue weighted by Crippen LogP contribution is 1.94. The lowest BCUT2D eigenvalue weighted by Gasteiger charge is -2.26. The van der Waals surface area contributed by atoms with Crippen LogP contribution in [-0.4, -0.2) is 63.3 Å². The zero-order valence-electron chi connectivity index (χ0n) is 10.8. The summed E-state index contributed by atoms with van der Waals surface area (Å²) in [7, 11) is 0. The minimum Gasteiger partial charge on any atom is -0.379 e. The molecule has 0 aliphatic carbocycles. The zero-order valence-corrected chi connectivity index (χ0v) is 10.8. The number of amides is 1. The molecule has 0 bridgehead atoms. The summed E-state index contributed by atoms with van der Waals surface area (Å²) in [6.07, 6.45) is 1.57. The van der Waals surface area contributed by atoms with Crippen LogP contribution in [-0.2, 0) is 9.53 Å². The van der Waals surface area contributed by atoms with Crippen molar-refractivity contribution in [3.8, 4) is 0 Å². The molecule has 1 aliphatic rings. The van der Waals surface area contributed by atoms with Crippen LogP contribution >= 0.6 is 0 Å². The van der Waals surface area contributed by atoms with Gasteiger partial charge in [0.15, 0.2) is 0 Å². The van der Waals surface area contributed by atoms with Crippen molar-refractivity contribution in [1.29, 1.82) is 0 Å². The van der Waals surface area contributed by atoms with E-state index >= 15 is 0 Å². The summed E-state index contributed by atoms with van der Waals surface area (Å²) >= 11 is 0. The Hall–Kier alpha value is -0.650. The molecule has 2 N–H and O–H groups in total. The maximum absolute atomic E-state index is 11.3. The van der Waals surface area contributed by atoms with Gasteiger partial charge in [0, 0.05) is 45.7 Å². The molecule has 0 aromatic carbocycles. The van der Waals surface area contributed by atoms with Crippen LogP contribution in [0.4, 0.5) is 0 Å². The second-order valence-corrected chi connectivity index (χ2v) is 4.30. The first kappa shape index (κ1) is 14.4. The van der Waals surface area contributed by atoms with E-state index in [9.17, 15) is 4.79 Å². The summed E-state index contributed by atoms with van der Waals surface area (Å²) in [6.45, 7) is 9.34. The number of morpholine rings is 1. The first-order chi connectivity index (χ1) is 8.33. The number of nitrogens with zero attached hydrogens (tertiary/aromatic N) is 1. The number of carbonyl (C=O) groups is 1. The molecule has 1 saturated heterocycles. The third-order valence-electron chi connectivity index (χ3n) is 2.81. The van der Waals surface area contributed by atoms with E-state index in [1.165, 1.54) is 0 Å². The number of hydrogen-bond acceptors (Lipinski definition) is 4. The first-order valence-electron chi connectivity index (χ1n) is 6.60. The molecule has 0 atom stereocenters. The molecule has 1 fully saturated rings. The predicted molar refractivity (Wildman–Crippen MR) is 68.0 cm³/mol. The number of hydrogen-bond donors (Lipinski definition) is 2. The normalized spacial score (nSPS) is 17.0. The van der Waals surface area contributed by atoms with Crippen molar-refractivity contribution >= 4 is 5.91 Å². The first-order valence-corrected chi connectivity index (χ1v) is 6.60. The molecule has 0 radical (unpaired) electrons. The quantitative estimate of drug-likeness (QED) is 0.581. The van der Waals surface area contributed by atoms with E-state index in [4.69, 9.17) is 4.74 Å². The SMILES string of the molecule is CCCNC(=O)CCNCCN1CCOCC1. The Bertz CT molecular complexity index is 206. The van der Waals surface area contributed by atoms with Gasteiger partial charge in [-0.25, -0.2) is 0 Å². The highest BCUT2D eigenvalue weighted by atomic mass is 16.5. The molecule has 1 rings (SSSR count). The van der Waals surface area contributed by atoms with Gasteiger partial charge < -0.3 is 15.4 Å². The fourth-order valence-electron chi connectivity index (χ4n) is 1.74. The Labute approximate surface area is 104 Å². The van der Waals surface area contributed by atoms with E-state index in [-0.39, 0.29) is 5.91 Å². The van der Waals surface area contributed by atoms with Crippen molar-refractivity contribution in [1.82, 2.24) is 15.5 Å². The third-order valence-corrected chi connectivity index (χ3v) is 2.81. The van der Waals surface area contributed by atoms with E-state index in [0.29, 0.717) is 6.42 Å². The van der Waals surface area contributed by atoms with Crippen LogP contribution in [0, 0.1) is 0 Å². The van der Waals surface area contributed by atoms with Crippen molar-refractivity contribution in [2.24, 2.45) is 0 Å². The smallest absolute Gasteiger partial charge is 0.221 e. The second kappa shape index (κ2) is 9.39. The molecule has 0 spiro atoms. The number of carbonyl (C=O) groups excluding carboxylic acids is 1. The van der Waals surface area contributed by atoms with Gasteiger partial charge in [-0.1, -0.05) is 6.92 Å². The van der Waals surface area contributed by atoms with Gasteiger partial charge in [0.1, 0.15) is 0 Å². The van der Waals surface area contributed by atoms with Crippen molar-refractivity contribution in [2.45, 2.75) is 19.8 Å². The summed E-state index contributed by atoms with van der Waals surface area (Å²) in [4.78, 5) is 13.7. The lowest BCUT2D eigenvalue weighted by molar-refractivity contribution is -0.120. The maximum atomic E-state index is 11.3. The maximum Gasteiger partial charge on any atom is 0.221 e. The van der Waals surface area contributed by atoms with Crippen molar-refractivity contribution < 1.29 is 9.53 Å². The molecule has 1 aliphatic heterocycles. The summed E-state index contributed by atoms with van der Waals surface area (Å²) in [5.41, 5.74) is 0. The fourth-order valence-corrected chi connectivity index (χ4v) is 1.74. The standard InChI is InChI=1S/C12H25N3O2/c1-2-4-14-12(16)3-5-13-6-7-15-8-10-17-11-9-15/h13H,2-11H2,1H3,(H,14,16). The van der Waals surface area contributed by atoms with Crippen LogP contribution in [0.3, 0.4) is 0 Å². The van der Waals surface area contributed by atoms with Crippen LogP contribution < -0.4 is 10.6 Å². The van der Waals surface area contributed by atoms with Gasteiger partial charge in [-0.05, 0) is 6.42 Å². The van der Waals surface area contributed by atoms with Crippen LogP contribution in [0.1, 0.15) is 19.8 Å². The van der Waals surface area contributed by atoms with Crippen molar-refractivity contribution in [3.05, 3.63) is 0 Å². The lowest BCUT2D eigenvalue weighted by Crippen LogP contribution is -2.40. The van der Waals surface area contributed by atoms with Crippen molar-refractivity contribution in [2.75, 3.05) is 52.5 Å². The Morgan fingerprint density at radius 3 is 2.71 bits per heavy atom. The summed E-state index contributed by atoms with van der Waals surface area (Å²) in [5, 5.41) is 6.16. The average Bonchev–Trinajstić information content (AvgIpc) is 2.37. The highest BCUT2D eigenvalue weighted by Gasteiger charge is 2.08. The predicted octanol–water partition coefficient (Wildman–Crippen LogP) is -0.175. The largest absolute Gasteiger partial charge is 0.379 e. The van der Waals surface area contributed by atoms with Crippen LogP contribution in [0.5, 0.6) is 0 Å². The Kier molecular flexibility index (Phi) is 7.96. The molecule has 5 heteroatoms. The number of rotatable bonds is 8. The Morgan fingerprint density at radius 2 is 2.00 bits per heavy atom. The summed E-state index contributed by atoms with van der Waals surface area (Å²) in [6, 6.07) is 0. The van der Waals surface area contributed by atoms with Crippen LogP contribution in [0.2, 0.25) is 0 Å². The molecule has 0 aromatic heterocycles. The van der Waals surface area contributed by atoms with E-state index in [1.807, 2.05) is 0 Å². The van der Waals surface area contributed by atoms with Gasteiger partial charge in [0.25, 0.3) is 0 Å². The second-order valence-electron chi connectivity index (χ2n) is 4.30. The molecule has 0 unspecified atom stereocenters. The minimum absolute atomic E-state index is 0.144. The highest BCUT2D eigenvalue weighted by molar-refractivity contribution is 5.75. The fraction of sp³-hybridized carbons (Fsp3) is 0.917. The van der Waals surface area contributed by atoms with E-state index < -0.39 is 0 Å². The van der Waals surface area contributed by atoms with Gasteiger partial charge in [0.05, 0.1) is 13.2 Å². The third kappa shape index (κ3) is 7.31. The summed E-state index contributed by atoms with van der Waals surface area (Å²) in [5.74, 6) is 0.144. The molecule has 17 heavy (non-hydrogen) atoms. The van der Waals surface area contributed by atoms with Crippen LogP contribution in [0.15, 0.2) is 0 Å². The van der Waals surface area contributed by atoms with Crippen LogP contribution in [0.25, 0.3) is 0 Å². The molecule has 0 aromatic rings. The topological polar surface area (TPSA) is 53.6 Å². The molecule has 1 heterocycles. The van der Waals surface area contributed by atoms with E-state index in [0.717, 1.165) is 58.9 Å². The Morgan fingerprint density at radius 1 is 1.24 bits per heavy atom. The van der Waals surface area contributed by atoms with Crippen molar-refractivity contribution in [3.63, 3.8) is 0 Å². The molecular weight excluding hydrogens is 218 g/mol. The zero-order chi connectivity index (χ0) is 12.3. The minimum atomic E-state index is 0.144. The van der Waals surface area contributed by atoms with Gasteiger partial charge in [-0.15, -0.1) is 0 Å². The monoisotopic (exact) mass is 243 g/mol. The van der Waals surface area contributed by atoms with E-state index in [1.54, 1.807) is 0 Å². The molecule has 100 valence electrons. The number of ether oxygens (including phenoxy) is 1. The van der Waals surface area contributed by atoms with Gasteiger partial charge in [-0.3, -0.25) is 9.69 Å². The molecule has 0 saturated carbocycles. The molecule has 1 amide bonds.